The second-order valence-electron chi connectivity index (χ2n) is 9.01. The van der Waals surface area contributed by atoms with Crippen LogP contribution in [0.4, 0.5) is 0 Å². The zero-order valence-electron chi connectivity index (χ0n) is 19.2. The molecule has 174 valence electrons. The van der Waals surface area contributed by atoms with E-state index in [0.717, 1.165) is 0 Å². The molecule has 0 aliphatic heterocycles. The van der Waals surface area contributed by atoms with E-state index in [1.165, 1.54) is 0 Å². The average molecular weight is 429 g/mol. The minimum atomic E-state index is -1.11. The molecule has 0 radical (unpaired) electrons. The van der Waals surface area contributed by atoms with Crippen LogP contribution in [0.15, 0.2) is 0 Å². The molecule has 0 heterocycles. The molecule has 0 aliphatic rings. The highest BCUT2D eigenvalue weighted by Crippen LogP contribution is 2.11. The van der Waals surface area contributed by atoms with Crippen LogP contribution in [-0.2, 0) is 19.2 Å². The van der Waals surface area contributed by atoms with Crippen molar-refractivity contribution in [2.24, 2.45) is 23.5 Å². The van der Waals surface area contributed by atoms with Crippen LogP contribution >= 0.6 is 0 Å². The first-order valence-electron chi connectivity index (χ1n) is 10.7. The van der Waals surface area contributed by atoms with Crippen LogP contribution in [0.2, 0.25) is 0 Å². The summed E-state index contributed by atoms with van der Waals surface area (Å²) in [6.45, 7) is 11.6. The van der Waals surface area contributed by atoms with Crippen molar-refractivity contribution in [1.29, 1.82) is 0 Å². The minimum Gasteiger partial charge on any atom is -0.480 e. The van der Waals surface area contributed by atoms with E-state index in [2.05, 4.69) is 16.0 Å². The van der Waals surface area contributed by atoms with Gasteiger partial charge in [0.1, 0.15) is 18.1 Å². The van der Waals surface area contributed by atoms with Gasteiger partial charge in [-0.15, -0.1) is 0 Å². The number of amides is 3. The largest absolute Gasteiger partial charge is 0.480 e. The van der Waals surface area contributed by atoms with Crippen molar-refractivity contribution < 1.29 is 24.3 Å². The van der Waals surface area contributed by atoms with Gasteiger partial charge in [0.2, 0.25) is 17.7 Å². The summed E-state index contributed by atoms with van der Waals surface area (Å²) < 4.78 is 0. The van der Waals surface area contributed by atoms with Gasteiger partial charge in [0, 0.05) is 13.0 Å². The van der Waals surface area contributed by atoms with E-state index < -0.39 is 35.9 Å². The maximum absolute atomic E-state index is 12.9. The van der Waals surface area contributed by atoms with Crippen molar-refractivity contribution >= 4 is 23.7 Å². The Morgan fingerprint density at radius 3 is 1.43 bits per heavy atom. The third-order valence-electron chi connectivity index (χ3n) is 4.39. The Morgan fingerprint density at radius 1 is 0.700 bits per heavy atom. The number of carbonyl (C=O) groups excluding carboxylic acids is 3. The van der Waals surface area contributed by atoms with E-state index in [0.29, 0.717) is 12.8 Å². The van der Waals surface area contributed by atoms with E-state index in [4.69, 9.17) is 5.73 Å². The van der Waals surface area contributed by atoms with Crippen molar-refractivity contribution in [1.82, 2.24) is 16.0 Å². The molecule has 0 saturated carbocycles. The third-order valence-corrected chi connectivity index (χ3v) is 4.39. The number of carbonyl (C=O) groups is 4. The van der Waals surface area contributed by atoms with Gasteiger partial charge in [-0.3, -0.25) is 14.4 Å². The molecular weight excluding hydrogens is 388 g/mol. The van der Waals surface area contributed by atoms with Gasteiger partial charge in [-0.25, -0.2) is 4.79 Å². The molecule has 0 aliphatic carbocycles. The highest BCUT2D eigenvalue weighted by atomic mass is 16.4. The summed E-state index contributed by atoms with van der Waals surface area (Å²) in [4.78, 5) is 49.1. The van der Waals surface area contributed by atoms with Crippen molar-refractivity contribution in [2.75, 3.05) is 6.54 Å². The number of nitrogens with two attached hydrogens (primary N) is 1. The summed E-state index contributed by atoms with van der Waals surface area (Å²) in [6.07, 6.45) is 1.14. The van der Waals surface area contributed by atoms with Gasteiger partial charge in [-0.05, 0) is 37.0 Å². The van der Waals surface area contributed by atoms with E-state index in [9.17, 15) is 24.3 Å². The summed E-state index contributed by atoms with van der Waals surface area (Å²) in [7, 11) is 0. The second kappa shape index (κ2) is 14.0. The molecule has 0 saturated heterocycles. The van der Waals surface area contributed by atoms with Crippen molar-refractivity contribution in [3.05, 3.63) is 0 Å². The first-order valence-corrected chi connectivity index (χ1v) is 10.7. The van der Waals surface area contributed by atoms with E-state index in [1.807, 2.05) is 41.5 Å². The molecule has 9 nitrogen and oxygen atoms in total. The van der Waals surface area contributed by atoms with Gasteiger partial charge < -0.3 is 26.8 Å². The average Bonchev–Trinajstić information content (AvgIpc) is 2.58. The Hall–Kier alpha value is -2.16. The van der Waals surface area contributed by atoms with Crippen LogP contribution in [0.25, 0.3) is 0 Å². The highest BCUT2D eigenvalue weighted by molar-refractivity contribution is 5.93. The monoisotopic (exact) mass is 428 g/mol. The fourth-order valence-electron chi connectivity index (χ4n) is 3.04. The van der Waals surface area contributed by atoms with Gasteiger partial charge in [0.05, 0.1) is 0 Å². The summed E-state index contributed by atoms with van der Waals surface area (Å²) in [6, 6.07) is -2.72. The van der Waals surface area contributed by atoms with Gasteiger partial charge in [-0.2, -0.15) is 0 Å². The molecule has 0 spiro atoms. The number of rotatable bonds is 14. The summed E-state index contributed by atoms with van der Waals surface area (Å²) in [5.74, 6) is -2.14. The number of carboxylic acid groups (broad SMARTS) is 1. The molecule has 6 N–H and O–H groups in total. The van der Waals surface area contributed by atoms with E-state index in [1.54, 1.807) is 0 Å². The standard InChI is InChI=1S/C21H40N4O5/c1-12(2)9-15(23-18(26)7-8-22)19(27)24-16(10-13(3)4)20(28)25-17(21(29)30)11-14(5)6/h12-17H,7-11,22H2,1-6H3,(H,23,26)(H,24,27)(H,25,28)(H,29,30)/t15-,16-,17-/m0/s1. The summed E-state index contributed by atoms with van der Waals surface area (Å²) in [5, 5.41) is 17.3. The Labute approximate surface area is 179 Å². The van der Waals surface area contributed by atoms with Crippen LogP contribution in [0.3, 0.4) is 0 Å². The molecule has 0 fully saturated rings. The Morgan fingerprint density at radius 2 is 1.07 bits per heavy atom. The predicted molar refractivity (Wildman–Crippen MR) is 115 cm³/mol. The summed E-state index contributed by atoms with van der Waals surface area (Å²) in [5.41, 5.74) is 5.40. The smallest absolute Gasteiger partial charge is 0.326 e. The molecule has 30 heavy (non-hydrogen) atoms. The van der Waals surface area contributed by atoms with Crippen molar-refractivity contribution in [3.8, 4) is 0 Å². The first-order chi connectivity index (χ1) is 13.9. The molecule has 0 unspecified atom stereocenters. The molecule has 3 amide bonds. The van der Waals surface area contributed by atoms with Crippen LogP contribution in [0, 0.1) is 17.8 Å². The lowest BCUT2D eigenvalue weighted by atomic mass is 9.99. The maximum Gasteiger partial charge on any atom is 0.326 e. The highest BCUT2D eigenvalue weighted by Gasteiger charge is 2.30. The number of hydrogen-bond donors (Lipinski definition) is 5. The Balaban J connectivity index is 5.38. The molecule has 0 aromatic rings. The fourth-order valence-corrected chi connectivity index (χ4v) is 3.04. The number of aliphatic carboxylic acids is 1. The Bertz CT molecular complexity index is 578. The topological polar surface area (TPSA) is 151 Å². The van der Waals surface area contributed by atoms with Crippen LogP contribution in [0.1, 0.15) is 67.2 Å². The lowest BCUT2D eigenvalue weighted by molar-refractivity contribution is -0.143. The maximum atomic E-state index is 12.9. The number of carboxylic acids is 1. The minimum absolute atomic E-state index is 0.0812. The van der Waals surface area contributed by atoms with Gasteiger partial charge in [-0.1, -0.05) is 41.5 Å². The van der Waals surface area contributed by atoms with Crippen LogP contribution < -0.4 is 21.7 Å². The van der Waals surface area contributed by atoms with Crippen molar-refractivity contribution in [2.45, 2.75) is 85.4 Å². The normalized spacial score (nSPS) is 14.3. The quantitative estimate of drug-likeness (QED) is 0.279. The molecular formula is C21H40N4O5. The van der Waals surface area contributed by atoms with Crippen LogP contribution in [0.5, 0.6) is 0 Å². The molecule has 0 bridgehead atoms. The molecule has 0 aromatic heterocycles. The van der Waals surface area contributed by atoms with E-state index >= 15 is 0 Å². The third kappa shape index (κ3) is 11.7. The predicted octanol–water partition coefficient (Wildman–Crippen LogP) is 1.01. The SMILES string of the molecule is CC(C)C[C@H](NC(=O)[C@H](CC(C)C)NC(=O)[C@H](CC(C)C)NC(=O)CCN)C(=O)O. The molecule has 0 aromatic carbocycles. The molecule has 3 atom stereocenters. The molecule has 9 heteroatoms. The van der Waals surface area contributed by atoms with E-state index in [-0.39, 0.29) is 43.0 Å². The Kier molecular flexibility index (Phi) is 12.9. The number of hydrogen-bond acceptors (Lipinski definition) is 5. The second-order valence-corrected chi connectivity index (χ2v) is 9.01. The van der Waals surface area contributed by atoms with Crippen LogP contribution in [-0.4, -0.2) is 53.5 Å². The zero-order valence-corrected chi connectivity index (χ0v) is 19.2. The van der Waals surface area contributed by atoms with Gasteiger partial charge >= 0.3 is 5.97 Å². The van der Waals surface area contributed by atoms with Crippen molar-refractivity contribution in [3.63, 3.8) is 0 Å². The van der Waals surface area contributed by atoms with Gasteiger partial charge in [0.25, 0.3) is 0 Å². The fraction of sp³-hybridized carbons (Fsp3) is 0.810. The lowest BCUT2D eigenvalue weighted by Gasteiger charge is -2.26. The molecule has 0 rings (SSSR count). The lowest BCUT2D eigenvalue weighted by Crippen LogP contribution is -2.56. The number of nitrogens with one attached hydrogen (secondary N) is 3. The first kappa shape index (κ1) is 27.8. The zero-order chi connectivity index (χ0) is 23.4. The summed E-state index contributed by atoms with van der Waals surface area (Å²) >= 11 is 0. The van der Waals surface area contributed by atoms with Gasteiger partial charge in [0.15, 0.2) is 0 Å².